The van der Waals surface area contributed by atoms with Crippen LogP contribution in [0.25, 0.3) is 0 Å². The predicted octanol–water partition coefficient (Wildman–Crippen LogP) is -1.53. The molecule has 7 heteroatoms. The second kappa shape index (κ2) is 4.29. The van der Waals surface area contributed by atoms with Crippen LogP contribution in [0.4, 0.5) is 4.79 Å². The van der Waals surface area contributed by atoms with Gasteiger partial charge in [0.2, 0.25) is 11.8 Å². The van der Waals surface area contributed by atoms with Gasteiger partial charge in [-0.3, -0.25) is 20.4 Å². The zero-order valence-corrected chi connectivity index (χ0v) is 6.75. The fourth-order valence-corrected chi connectivity index (χ4v) is 0.494. The van der Waals surface area contributed by atoms with Gasteiger partial charge < -0.3 is 0 Å². The number of rotatable bonds is 0. The number of nitrogens with one attached hydrogen (secondary N) is 2. The monoisotopic (exact) mass is 174 g/mol. The number of hydrazine groups is 2. The minimum Gasteiger partial charge on any atom is -0.274 e. The van der Waals surface area contributed by atoms with Gasteiger partial charge in [0.15, 0.2) is 0 Å². The summed E-state index contributed by atoms with van der Waals surface area (Å²) in [6.45, 7) is 2.28. The van der Waals surface area contributed by atoms with Crippen molar-refractivity contribution in [2.24, 2.45) is 5.84 Å². The minimum atomic E-state index is -0.891. The van der Waals surface area contributed by atoms with Crippen LogP contribution in [-0.2, 0) is 9.59 Å². The maximum Gasteiger partial charge on any atom is 0.357 e. The number of amides is 4. The lowest BCUT2D eigenvalue weighted by molar-refractivity contribution is -0.135. The lowest BCUT2D eigenvalue weighted by Gasteiger charge is -2.17. The van der Waals surface area contributed by atoms with Crippen molar-refractivity contribution in [2.45, 2.75) is 13.8 Å². The zero-order chi connectivity index (χ0) is 9.72. The van der Waals surface area contributed by atoms with Gasteiger partial charge in [0.05, 0.1) is 0 Å². The van der Waals surface area contributed by atoms with Crippen LogP contribution in [-0.4, -0.2) is 22.9 Å². The fourth-order valence-electron chi connectivity index (χ4n) is 0.494. The number of urea groups is 1. The summed E-state index contributed by atoms with van der Waals surface area (Å²) >= 11 is 0. The van der Waals surface area contributed by atoms with Crippen molar-refractivity contribution in [2.75, 3.05) is 0 Å². The van der Waals surface area contributed by atoms with Gasteiger partial charge in [-0.1, -0.05) is 0 Å². The Morgan fingerprint density at radius 3 is 2.00 bits per heavy atom. The minimum absolute atomic E-state index is 0.475. The Morgan fingerprint density at radius 2 is 1.75 bits per heavy atom. The van der Waals surface area contributed by atoms with E-state index in [0.717, 1.165) is 6.92 Å². The molecule has 7 nitrogen and oxygen atoms in total. The Labute approximate surface area is 68.8 Å². The number of nitrogens with two attached hydrogens (primary N) is 1. The highest BCUT2D eigenvalue weighted by Crippen LogP contribution is 1.84. The van der Waals surface area contributed by atoms with E-state index in [1.807, 2.05) is 5.43 Å². The summed E-state index contributed by atoms with van der Waals surface area (Å²) in [5.74, 6) is 3.58. The second-order valence-corrected chi connectivity index (χ2v) is 1.97. The Kier molecular flexibility index (Phi) is 3.71. The van der Waals surface area contributed by atoms with Crippen LogP contribution in [0.2, 0.25) is 0 Å². The molecule has 0 aliphatic carbocycles. The van der Waals surface area contributed by atoms with E-state index in [1.165, 1.54) is 6.92 Å². The molecule has 0 rings (SSSR count). The van der Waals surface area contributed by atoms with E-state index in [4.69, 9.17) is 5.84 Å². The van der Waals surface area contributed by atoms with Crippen LogP contribution in [0.5, 0.6) is 0 Å². The molecule has 0 atom stereocenters. The van der Waals surface area contributed by atoms with Crippen LogP contribution < -0.4 is 16.7 Å². The van der Waals surface area contributed by atoms with Crippen LogP contribution in [0.15, 0.2) is 0 Å². The largest absolute Gasteiger partial charge is 0.357 e. The smallest absolute Gasteiger partial charge is 0.274 e. The number of nitrogens with zero attached hydrogens (tertiary/aromatic N) is 1. The molecule has 0 aromatic carbocycles. The standard InChI is InChI=1S/C5H10N4O3/c1-3(10)8-9(4(2)11)5(12)7-6/h6H2,1-2H3,(H,7,12)(H,8,10). The van der Waals surface area contributed by atoms with Gasteiger partial charge in [0, 0.05) is 13.8 Å². The molecular formula is C5H10N4O3. The first-order chi connectivity index (χ1) is 5.49. The van der Waals surface area contributed by atoms with Gasteiger partial charge in [-0.25, -0.2) is 10.6 Å². The molecule has 0 aliphatic heterocycles. The average Bonchev–Trinajstić information content (AvgIpc) is 1.98. The molecule has 0 heterocycles. The topological polar surface area (TPSA) is 105 Å². The summed E-state index contributed by atoms with van der Waals surface area (Å²) in [6, 6.07) is -0.891. The highest BCUT2D eigenvalue weighted by Gasteiger charge is 2.17. The molecule has 0 aliphatic rings. The van der Waals surface area contributed by atoms with E-state index in [2.05, 4.69) is 0 Å². The Balaban J connectivity index is 4.33. The van der Waals surface area contributed by atoms with E-state index in [-0.39, 0.29) is 0 Å². The number of hydrogen-bond donors (Lipinski definition) is 3. The average molecular weight is 174 g/mol. The number of carbonyl (C=O) groups excluding carboxylic acids is 3. The molecule has 0 unspecified atom stereocenters. The predicted molar refractivity (Wildman–Crippen MR) is 39.1 cm³/mol. The number of imide groups is 1. The maximum absolute atomic E-state index is 10.7. The van der Waals surface area contributed by atoms with Crippen molar-refractivity contribution >= 4 is 17.8 Å². The van der Waals surface area contributed by atoms with Gasteiger partial charge in [0.1, 0.15) is 0 Å². The first-order valence-corrected chi connectivity index (χ1v) is 3.07. The summed E-state index contributed by atoms with van der Waals surface area (Å²) < 4.78 is 0. The molecule has 12 heavy (non-hydrogen) atoms. The van der Waals surface area contributed by atoms with Crippen LogP contribution in [0.3, 0.4) is 0 Å². The zero-order valence-electron chi connectivity index (χ0n) is 6.75. The van der Waals surface area contributed by atoms with Crippen molar-refractivity contribution in [1.29, 1.82) is 0 Å². The molecule has 68 valence electrons. The molecule has 0 saturated carbocycles. The molecule has 0 fully saturated rings. The summed E-state index contributed by atoms with van der Waals surface area (Å²) in [6.07, 6.45) is 0. The molecule has 4 N–H and O–H groups in total. The molecule has 0 bridgehead atoms. The van der Waals surface area contributed by atoms with Gasteiger partial charge in [-0.2, -0.15) is 5.01 Å². The summed E-state index contributed by atoms with van der Waals surface area (Å²) in [5.41, 5.74) is 3.69. The van der Waals surface area contributed by atoms with Gasteiger partial charge >= 0.3 is 6.03 Å². The molecule has 0 aromatic heterocycles. The summed E-state index contributed by atoms with van der Waals surface area (Å²) in [7, 11) is 0. The van der Waals surface area contributed by atoms with Crippen molar-refractivity contribution in [3.05, 3.63) is 0 Å². The number of carbonyl (C=O) groups is 3. The molecule has 0 aromatic rings. The molecule has 4 amide bonds. The van der Waals surface area contributed by atoms with E-state index in [1.54, 1.807) is 5.43 Å². The van der Waals surface area contributed by atoms with Gasteiger partial charge in [-0.15, -0.1) is 0 Å². The molecular weight excluding hydrogens is 164 g/mol. The fraction of sp³-hybridized carbons (Fsp3) is 0.400. The van der Waals surface area contributed by atoms with Crippen LogP contribution >= 0.6 is 0 Å². The van der Waals surface area contributed by atoms with Crippen molar-refractivity contribution in [3.63, 3.8) is 0 Å². The summed E-state index contributed by atoms with van der Waals surface area (Å²) in [4.78, 5) is 31.9. The third-order valence-electron chi connectivity index (χ3n) is 0.911. The van der Waals surface area contributed by atoms with Crippen molar-refractivity contribution in [1.82, 2.24) is 15.9 Å². The van der Waals surface area contributed by atoms with E-state index in [0.29, 0.717) is 5.01 Å². The Bertz CT molecular complexity index is 215. The van der Waals surface area contributed by atoms with Crippen molar-refractivity contribution < 1.29 is 14.4 Å². The summed E-state index contributed by atoms with van der Waals surface area (Å²) in [5, 5.41) is 0.475. The van der Waals surface area contributed by atoms with Crippen molar-refractivity contribution in [3.8, 4) is 0 Å². The lowest BCUT2D eigenvalue weighted by Crippen LogP contribution is -2.54. The van der Waals surface area contributed by atoms with E-state index >= 15 is 0 Å². The third kappa shape index (κ3) is 2.97. The highest BCUT2D eigenvalue weighted by atomic mass is 16.2. The third-order valence-corrected chi connectivity index (χ3v) is 0.911. The first-order valence-electron chi connectivity index (χ1n) is 3.07. The lowest BCUT2D eigenvalue weighted by atomic mass is 10.6. The normalized spacial score (nSPS) is 8.58. The second-order valence-electron chi connectivity index (χ2n) is 1.97. The SMILES string of the molecule is CC(=O)NN(C(C)=O)C(=O)NN. The van der Waals surface area contributed by atoms with Crippen LogP contribution in [0.1, 0.15) is 13.8 Å². The molecule has 0 spiro atoms. The van der Waals surface area contributed by atoms with E-state index in [9.17, 15) is 14.4 Å². The maximum atomic E-state index is 10.7. The highest BCUT2D eigenvalue weighted by molar-refractivity contribution is 5.94. The quantitative estimate of drug-likeness (QED) is 0.235. The molecule has 0 radical (unpaired) electrons. The van der Waals surface area contributed by atoms with Crippen LogP contribution in [0, 0.1) is 0 Å². The first kappa shape index (κ1) is 10.4. The van der Waals surface area contributed by atoms with E-state index < -0.39 is 17.8 Å². The Hall–Kier alpha value is -1.63. The van der Waals surface area contributed by atoms with Gasteiger partial charge in [-0.05, 0) is 0 Å². The van der Waals surface area contributed by atoms with Gasteiger partial charge in [0.25, 0.3) is 0 Å². The Morgan fingerprint density at radius 1 is 1.25 bits per heavy atom. The number of hydrogen-bond acceptors (Lipinski definition) is 4. The molecule has 0 saturated heterocycles.